The molecule has 0 fully saturated rings. The van der Waals surface area contributed by atoms with E-state index in [1.807, 2.05) is 0 Å². The van der Waals surface area contributed by atoms with E-state index in [-0.39, 0.29) is 12.0 Å². The summed E-state index contributed by atoms with van der Waals surface area (Å²) in [4.78, 5) is 0. The lowest BCUT2D eigenvalue weighted by Gasteiger charge is -2.37. The maximum Gasteiger partial charge on any atom is 0.0487 e. The van der Waals surface area contributed by atoms with Crippen molar-refractivity contribution in [1.82, 2.24) is 0 Å². The van der Waals surface area contributed by atoms with Crippen LogP contribution in [-0.2, 0) is 6.42 Å². The van der Waals surface area contributed by atoms with E-state index in [4.69, 9.17) is 0 Å². The van der Waals surface area contributed by atoms with Crippen molar-refractivity contribution in [1.29, 1.82) is 0 Å². The minimum atomic E-state index is -0.0287. The molecule has 0 saturated carbocycles. The third-order valence-corrected chi connectivity index (χ3v) is 4.47. The van der Waals surface area contributed by atoms with Crippen LogP contribution in [0.15, 0.2) is 22.7 Å². The fraction of sp³-hybridized carbons (Fsp3) is 0.571. The second-order valence-corrected chi connectivity index (χ2v) is 6.26. The Labute approximate surface area is 106 Å². The average Bonchev–Trinajstić information content (AvgIpc) is 2.29. The first-order valence-electron chi connectivity index (χ1n) is 5.94. The Morgan fingerprint density at radius 2 is 2.19 bits per heavy atom. The summed E-state index contributed by atoms with van der Waals surface area (Å²) < 4.78 is 1.20. The number of aliphatic hydroxyl groups is 1. The van der Waals surface area contributed by atoms with Crippen molar-refractivity contribution in [2.24, 2.45) is 5.41 Å². The third kappa shape index (κ3) is 2.05. The molecule has 1 atom stereocenters. The lowest BCUT2D eigenvalue weighted by molar-refractivity contribution is 0.122. The van der Waals surface area contributed by atoms with E-state index in [1.54, 1.807) is 0 Å². The Bertz CT molecular complexity index is 384. The summed E-state index contributed by atoms with van der Waals surface area (Å²) in [5.74, 6) is 0.469. The first-order chi connectivity index (χ1) is 7.56. The van der Waals surface area contributed by atoms with E-state index in [2.05, 4.69) is 48.0 Å². The van der Waals surface area contributed by atoms with Crippen LogP contribution < -0.4 is 0 Å². The van der Waals surface area contributed by atoms with Gasteiger partial charge in [0.1, 0.15) is 0 Å². The van der Waals surface area contributed by atoms with Gasteiger partial charge < -0.3 is 5.11 Å². The van der Waals surface area contributed by atoms with Crippen LogP contribution in [0, 0.1) is 5.41 Å². The molecule has 0 bridgehead atoms. The van der Waals surface area contributed by atoms with Crippen LogP contribution in [0.25, 0.3) is 0 Å². The highest BCUT2D eigenvalue weighted by atomic mass is 79.9. The summed E-state index contributed by atoms with van der Waals surface area (Å²) in [5.41, 5.74) is 2.85. The predicted molar refractivity (Wildman–Crippen MR) is 70.7 cm³/mol. The van der Waals surface area contributed by atoms with Crippen molar-refractivity contribution in [3.05, 3.63) is 33.8 Å². The molecule has 2 rings (SSSR count). The number of hydrogen-bond acceptors (Lipinski definition) is 1. The maximum atomic E-state index is 9.55. The molecule has 1 nitrogen and oxygen atoms in total. The van der Waals surface area contributed by atoms with Gasteiger partial charge in [0.25, 0.3) is 0 Å². The lowest BCUT2D eigenvalue weighted by Crippen LogP contribution is -2.29. The molecule has 0 saturated heterocycles. The monoisotopic (exact) mass is 282 g/mol. The average molecular weight is 283 g/mol. The van der Waals surface area contributed by atoms with Gasteiger partial charge in [-0.3, -0.25) is 0 Å². The molecule has 1 aliphatic carbocycles. The summed E-state index contributed by atoms with van der Waals surface area (Å²) in [6.45, 7) is 4.57. The predicted octanol–water partition coefficient (Wildman–Crippen LogP) is 3.89. The molecule has 1 N–H and O–H groups in total. The zero-order valence-corrected chi connectivity index (χ0v) is 11.5. The normalized spacial score (nSPS) is 20.6. The summed E-state index contributed by atoms with van der Waals surface area (Å²) in [6.07, 6.45) is 3.59. The molecule has 0 aliphatic heterocycles. The smallest absolute Gasteiger partial charge is 0.0487 e. The molecule has 1 aliphatic rings. The zero-order chi connectivity index (χ0) is 11.8. The molecule has 0 radical (unpaired) electrons. The van der Waals surface area contributed by atoms with Gasteiger partial charge in [-0.1, -0.05) is 41.9 Å². The summed E-state index contributed by atoms with van der Waals surface area (Å²) in [6, 6.07) is 6.45. The molecule has 1 aromatic carbocycles. The Kier molecular flexibility index (Phi) is 3.41. The van der Waals surface area contributed by atoms with Crippen LogP contribution in [0.2, 0.25) is 0 Å². The molecule has 0 heterocycles. The summed E-state index contributed by atoms with van der Waals surface area (Å²) in [5, 5.41) is 9.55. The number of rotatable bonds is 2. The number of halogens is 1. The van der Waals surface area contributed by atoms with Crippen LogP contribution in [0.3, 0.4) is 0 Å². The second kappa shape index (κ2) is 4.50. The van der Waals surface area contributed by atoms with Crippen LogP contribution in [0.5, 0.6) is 0 Å². The molecule has 88 valence electrons. The summed E-state index contributed by atoms with van der Waals surface area (Å²) in [7, 11) is 0. The number of aryl methyl sites for hydroxylation is 1. The van der Waals surface area contributed by atoms with Gasteiger partial charge in [0, 0.05) is 11.1 Å². The van der Waals surface area contributed by atoms with Crippen molar-refractivity contribution in [2.45, 2.75) is 39.0 Å². The Morgan fingerprint density at radius 3 is 2.88 bits per heavy atom. The van der Waals surface area contributed by atoms with E-state index in [0.717, 1.165) is 0 Å². The Balaban J connectivity index is 2.47. The Morgan fingerprint density at radius 1 is 1.44 bits per heavy atom. The topological polar surface area (TPSA) is 20.2 Å². The van der Waals surface area contributed by atoms with Crippen LogP contribution in [0.4, 0.5) is 0 Å². The number of hydrogen-bond donors (Lipinski definition) is 1. The minimum Gasteiger partial charge on any atom is -0.396 e. The molecule has 16 heavy (non-hydrogen) atoms. The van der Waals surface area contributed by atoms with Gasteiger partial charge in [-0.15, -0.1) is 0 Å². The quantitative estimate of drug-likeness (QED) is 0.873. The largest absolute Gasteiger partial charge is 0.396 e. The van der Waals surface area contributed by atoms with E-state index < -0.39 is 0 Å². The van der Waals surface area contributed by atoms with Gasteiger partial charge >= 0.3 is 0 Å². The number of aliphatic hydroxyl groups excluding tert-OH is 1. The Hall–Kier alpha value is -0.340. The maximum absolute atomic E-state index is 9.55. The van der Waals surface area contributed by atoms with Crippen LogP contribution in [-0.4, -0.2) is 11.7 Å². The zero-order valence-electron chi connectivity index (χ0n) is 9.96. The SMILES string of the molecule is CC(C)(CO)C1CCCc2cccc(Br)c21. The van der Waals surface area contributed by atoms with E-state index in [9.17, 15) is 5.11 Å². The van der Waals surface area contributed by atoms with Crippen LogP contribution >= 0.6 is 15.9 Å². The minimum absolute atomic E-state index is 0.0287. The molecule has 0 aromatic heterocycles. The molecule has 0 spiro atoms. The van der Waals surface area contributed by atoms with E-state index in [0.29, 0.717) is 5.92 Å². The van der Waals surface area contributed by atoms with Crippen molar-refractivity contribution in [2.75, 3.05) is 6.61 Å². The molecule has 2 heteroatoms. The fourth-order valence-corrected chi connectivity index (χ4v) is 3.41. The number of fused-ring (bicyclic) bond motifs is 1. The van der Waals surface area contributed by atoms with Crippen molar-refractivity contribution in [3.63, 3.8) is 0 Å². The summed E-state index contributed by atoms with van der Waals surface area (Å²) >= 11 is 3.66. The highest BCUT2D eigenvalue weighted by Crippen LogP contribution is 2.46. The van der Waals surface area contributed by atoms with Gasteiger partial charge in [0.15, 0.2) is 0 Å². The van der Waals surface area contributed by atoms with Gasteiger partial charge in [0.05, 0.1) is 0 Å². The van der Waals surface area contributed by atoms with Gasteiger partial charge in [-0.25, -0.2) is 0 Å². The molecule has 1 unspecified atom stereocenters. The van der Waals surface area contributed by atoms with Crippen molar-refractivity contribution in [3.8, 4) is 0 Å². The van der Waals surface area contributed by atoms with Gasteiger partial charge in [0.2, 0.25) is 0 Å². The van der Waals surface area contributed by atoms with Crippen molar-refractivity contribution >= 4 is 15.9 Å². The first kappa shape index (κ1) is 12.1. The molecular weight excluding hydrogens is 264 g/mol. The van der Waals surface area contributed by atoms with Crippen molar-refractivity contribution < 1.29 is 5.11 Å². The standard InChI is InChI=1S/C14H19BrO/c1-14(2,9-16)11-7-3-5-10-6-4-8-12(15)13(10)11/h4,6,8,11,16H,3,5,7,9H2,1-2H3. The van der Waals surface area contributed by atoms with E-state index in [1.165, 1.54) is 34.9 Å². The molecule has 1 aromatic rings. The second-order valence-electron chi connectivity index (χ2n) is 5.40. The van der Waals surface area contributed by atoms with Gasteiger partial charge in [-0.05, 0) is 47.8 Å². The van der Waals surface area contributed by atoms with Crippen LogP contribution in [0.1, 0.15) is 43.7 Å². The molecular formula is C14H19BrO. The first-order valence-corrected chi connectivity index (χ1v) is 6.73. The highest BCUT2D eigenvalue weighted by molar-refractivity contribution is 9.10. The molecule has 0 amide bonds. The lowest BCUT2D eigenvalue weighted by atomic mass is 9.69. The highest BCUT2D eigenvalue weighted by Gasteiger charge is 2.34. The number of benzene rings is 1. The van der Waals surface area contributed by atoms with Gasteiger partial charge in [-0.2, -0.15) is 0 Å². The fourth-order valence-electron chi connectivity index (χ4n) is 2.72. The third-order valence-electron chi connectivity index (χ3n) is 3.78. The van der Waals surface area contributed by atoms with E-state index >= 15 is 0 Å².